The van der Waals surface area contributed by atoms with Crippen LogP contribution in [0.5, 0.6) is 11.5 Å². The highest BCUT2D eigenvalue weighted by molar-refractivity contribution is 6.05. The van der Waals surface area contributed by atoms with Gasteiger partial charge in [0.25, 0.3) is 5.91 Å². The average molecular weight is 384 g/mol. The smallest absolute Gasteiger partial charge is 0.255 e. The van der Waals surface area contributed by atoms with Crippen molar-refractivity contribution in [3.8, 4) is 11.5 Å². The molecule has 7 heteroatoms. The maximum atomic E-state index is 12.7. The number of hydrogen-bond donors (Lipinski definition) is 2. The Morgan fingerprint density at radius 2 is 1.76 bits per heavy atom. The van der Waals surface area contributed by atoms with Gasteiger partial charge in [-0.15, -0.1) is 0 Å². The second-order valence-corrected chi connectivity index (χ2v) is 6.46. The number of ether oxygens (including phenoxy) is 2. The van der Waals surface area contributed by atoms with Gasteiger partial charge in [-0.1, -0.05) is 24.3 Å². The van der Waals surface area contributed by atoms with E-state index >= 15 is 0 Å². The zero-order valence-electron chi connectivity index (χ0n) is 15.3. The molecule has 5 rings (SSSR count). The van der Waals surface area contributed by atoms with Gasteiger partial charge in [0.1, 0.15) is 11.6 Å². The Morgan fingerprint density at radius 1 is 0.897 bits per heavy atom. The maximum Gasteiger partial charge on any atom is 0.255 e. The van der Waals surface area contributed by atoms with Gasteiger partial charge in [-0.25, -0.2) is 9.97 Å². The van der Waals surface area contributed by atoms with Gasteiger partial charge in [-0.3, -0.25) is 4.79 Å². The van der Waals surface area contributed by atoms with Crippen molar-refractivity contribution in [2.24, 2.45) is 0 Å². The van der Waals surface area contributed by atoms with Gasteiger partial charge in [0.05, 0.1) is 0 Å². The fourth-order valence-electron chi connectivity index (χ4n) is 3.16. The first kappa shape index (κ1) is 17.0. The molecule has 7 nitrogen and oxygen atoms in total. The molecule has 1 amide bonds. The van der Waals surface area contributed by atoms with Gasteiger partial charge in [0.15, 0.2) is 11.5 Å². The predicted octanol–water partition coefficient (Wildman–Crippen LogP) is 4.35. The second kappa shape index (κ2) is 7.12. The van der Waals surface area contributed by atoms with E-state index < -0.39 is 0 Å². The lowest BCUT2D eigenvalue weighted by molar-refractivity contribution is 0.102. The molecular formula is C22H16N4O3. The molecule has 3 heterocycles. The lowest BCUT2D eigenvalue weighted by Gasteiger charge is -2.10. The first-order chi connectivity index (χ1) is 14.3. The average Bonchev–Trinajstić information content (AvgIpc) is 3.22. The minimum absolute atomic E-state index is 0.189. The van der Waals surface area contributed by atoms with Crippen LogP contribution in [-0.2, 0) is 0 Å². The van der Waals surface area contributed by atoms with Gasteiger partial charge >= 0.3 is 0 Å². The zero-order valence-corrected chi connectivity index (χ0v) is 15.3. The Morgan fingerprint density at radius 3 is 2.72 bits per heavy atom. The molecule has 0 saturated carbocycles. The molecule has 4 aromatic rings. The highest BCUT2D eigenvalue weighted by Gasteiger charge is 2.15. The van der Waals surface area contributed by atoms with E-state index in [2.05, 4.69) is 20.6 Å². The van der Waals surface area contributed by atoms with Gasteiger partial charge in [-0.2, -0.15) is 0 Å². The summed E-state index contributed by atoms with van der Waals surface area (Å²) in [5.41, 5.74) is 1.10. The topological polar surface area (TPSA) is 85.4 Å². The van der Waals surface area contributed by atoms with Gasteiger partial charge in [0, 0.05) is 35.1 Å². The van der Waals surface area contributed by atoms with E-state index in [0.717, 1.165) is 10.8 Å². The highest BCUT2D eigenvalue weighted by atomic mass is 16.7. The van der Waals surface area contributed by atoms with Crippen molar-refractivity contribution in [1.82, 2.24) is 9.97 Å². The first-order valence-corrected chi connectivity index (χ1v) is 9.04. The fourth-order valence-corrected chi connectivity index (χ4v) is 3.16. The molecule has 1 aliphatic heterocycles. The summed E-state index contributed by atoms with van der Waals surface area (Å²) in [7, 11) is 0. The summed E-state index contributed by atoms with van der Waals surface area (Å²) in [6.07, 6.45) is 3.32. The third kappa shape index (κ3) is 3.41. The summed E-state index contributed by atoms with van der Waals surface area (Å²) in [5, 5.41) is 8.11. The monoisotopic (exact) mass is 384 g/mol. The normalized spacial score (nSPS) is 12.0. The summed E-state index contributed by atoms with van der Waals surface area (Å²) < 4.78 is 10.6. The molecule has 0 spiro atoms. The van der Waals surface area contributed by atoms with Crippen LogP contribution in [0.4, 0.5) is 17.3 Å². The lowest BCUT2D eigenvalue weighted by Crippen LogP contribution is -2.12. The van der Waals surface area contributed by atoms with Crippen LogP contribution in [0.3, 0.4) is 0 Å². The molecule has 0 unspecified atom stereocenters. The Hall–Kier alpha value is -4.13. The molecule has 29 heavy (non-hydrogen) atoms. The van der Waals surface area contributed by atoms with E-state index in [1.807, 2.05) is 30.3 Å². The number of nitrogens with one attached hydrogen (secondary N) is 2. The Bertz CT molecular complexity index is 1220. The van der Waals surface area contributed by atoms with Crippen LogP contribution in [0.1, 0.15) is 10.4 Å². The zero-order chi connectivity index (χ0) is 19.6. The Balaban J connectivity index is 1.37. The highest BCUT2D eigenvalue weighted by Crippen LogP contribution is 2.34. The van der Waals surface area contributed by atoms with Gasteiger partial charge in [0.2, 0.25) is 6.79 Å². The summed E-state index contributed by atoms with van der Waals surface area (Å²) in [5.74, 6) is 2.25. The number of pyridine rings is 2. The van der Waals surface area contributed by atoms with E-state index in [0.29, 0.717) is 34.4 Å². The second-order valence-electron chi connectivity index (χ2n) is 6.46. The van der Waals surface area contributed by atoms with Crippen molar-refractivity contribution in [2.75, 3.05) is 17.4 Å². The summed E-state index contributed by atoms with van der Waals surface area (Å²) >= 11 is 0. The van der Waals surface area contributed by atoms with Crippen molar-refractivity contribution in [3.63, 3.8) is 0 Å². The third-order valence-corrected chi connectivity index (χ3v) is 4.57. The molecule has 0 atom stereocenters. The van der Waals surface area contributed by atoms with E-state index in [9.17, 15) is 4.79 Å². The molecule has 142 valence electrons. The van der Waals surface area contributed by atoms with E-state index in [1.54, 1.807) is 42.7 Å². The molecule has 1 aliphatic rings. The number of carbonyl (C=O) groups is 1. The van der Waals surface area contributed by atoms with Crippen molar-refractivity contribution >= 4 is 34.0 Å². The molecule has 2 N–H and O–H groups in total. The minimum Gasteiger partial charge on any atom is -0.454 e. The quantitative estimate of drug-likeness (QED) is 0.544. The van der Waals surface area contributed by atoms with Crippen LogP contribution in [-0.4, -0.2) is 22.7 Å². The largest absolute Gasteiger partial charge is 0.454 e. The van der Waals surface area contributed by atoms with Crippen LogP contribution in [0.15, 0.2) is 73.1 Å². The van der Waals surface area contributed by atoms with Gasteiger partial charge in [-0.05, 0) is 35.7 Å². The first-order valence-electron chi connectivity index (χ1n) is 9.04. The van der Waals surface area contributed by atoms with Crippen LogP contribution in [0, 0.1) is 0 Å². The SMILES string of the molecule is O=C(Nc1ccc2c(c1)OCO2)c1ccnc(Nc2nccc3ccccc23)c1. The van der Waals surface area contributed by atoms with E-state index in [-0.39, 0.29) is 12.7 Å². The summed E-state index contributed by atoms with van der Waals surface area (Å²) in [6, 6.07) is 18.5. The molecule has 2 aromatic heterocycles. The number of rotatable bonds is 4. The maximum absolute atomic E-state index is 12.7. The number of amides is 1. The minimum atomic E-state index is -0.250. The van der Waals surface area contributed by atoms with Crippen molar-refractivity contribution in [3.05, 3.63) is 78.6 Å². The number of nitrogens with zero attached hydrogens (tertiary/aromatic N) is 2. The van der Waals surface area contributed by atoms with Crippen molar-refractivity contribution < 1.29 is 14.3 Å². The number of anilines is 3. The van der Waals surface area contributed by atoms with E-state index in [4.69, 9.17) is 9.47 Å². The van der Waals surface area contributed by atoms with Crippen LogP contribution in [0.2, 0.25) is 0 Å². The van der Waals surface area contributed by atoms with E-state index in [1.165, 1.54) is 0 Å². The predicted molar refractivity (Wildman–Crippen MR) is 110 cm³/mol. The molecule has 0 fully saturated rings. The Labute approximate surface area is 166 Å². The summed E-state index contributed by atoms with van der Waals surface area (Å²) in [4.78, 5) is 21.4. The number of hydrogen-bond acceptors (Lipinski definition) is 6. The van der Waals surface area contributed by atoms with Crippen molar-refractivity contribution in [2.45, 2.75) is 0 Å². The standard InChI is InChI=1S/C22H16N4O3/c27-22(25-16-5-6-18-19(12-16)29-13-28-18)15-8-9-23-20(11-15)26-21-17-4-2-1-3-14(17)7-10-24-21/h1-12H,13H2,(H,25,27)(H,23,24,26). The number of carbonyl (C=O) groups excluding carboxylic acids is 1. The molecule has 0 saturated heterocycles. The number of benzene rings is 2. The van der Waals surface area contributed by atoms with Gasteiger partial charge < -0.3 is 20.1 Å². The molecular weight excluding hydrogens is 368 g/mol. The van der Waals surface area contributed by atoms with Crippen LogP contribution < -0.4 is 20.1 Å². The molecule has 2 aromatic carbocycles. The van der Waals surface area contributed by atoms with Crippen LogP contribution >= 0.6 is 0 Å². The fraction of sp³-hybridized carbons (Fsp3) is 0.0455. The Kier molecular flexibility index (Phi) is 4.18. The number of aromatic nitrogens is 2. The third-order valence-electron chi connectivity index (χ3n) is 4.57. The van der Waals surface area contributed by atoms with Crippen molar-refractivity contribution in [1.29, 1.82) is 0 Å². The molecule has 0 radical (unpaired) electrons. The van der Waals surface area contributed by atoms with Crippen LogP contribution in [0.25, 0.3) is 10.8 Å². The lowest BCUT2D eigenvalue weighted by atomic mass is 10.1. The molecule has 0 aliphatic carbocycles. The molecule has 0 bridgehead atoms. The summed E-state index contributed by atoms with van der Waals surface area (Å²) in [6.45, 7) is 0.189. The number of fused-ring (bicyclic) bond motifs is 2.